The average Bonchev–Trinajstić information content (AvgIpc) is 2.93. The molecule has 1 atom stereocenters. The highest BCUT2D eigenvalue weighted by Crippen LogP contribution is 2.35. The summed E-state index contributed by atoms with van der Waals surface area (Å²) in [6.07, 6.45) is 4.08. The summed E-state index contributed by atoms with van der Waals surface area (Å²) < 4.78 is 1.64. The Balaban J connectivity index is 2.37. The van der Waals surface area contributed by atoms with Gasteiger partial charge in [0.05, 0.1) is 5.02 Å². The van der Waals surface area contributed by atoms with Gasteiger partial charge in [0.25, 0.3) is 5.91 Å². The third kappa shape index (κ3) is 2.30. The van der Waals surface area contributed by atoms with Gasteiger partial charge in [-0.05, 0) is 25.3 Å². The van der Waals surface area contributed by atoms with Gasteiger partial charge in [-0.1, -0.05) is 24.9 Å². The van der Waals surface area contributed by atoms with Crippen LogP contribution in [0, 0.1) is 0 Å². The van der Waals surface area contributed by atoms with Crippen LogP contribution in [0.1, 0.15) is 43.1 Å². The number of nitrogens with zero attached hydrogens (tertiary/aromatic N) is 2. The lowest BCUT2D eigenvalue weighted by Crippen LogP contribution is -2.53. The highest BCUT2D eigenvalue weighted by Gasteiger charge is 2.49. The molecule has 1 aromatic heterocycles. The van der Waals surface area contributed by atoms with E-state index in [1.165, 1.54) is 4.90 Å². The van der Waals surface area contributed by atoms with E-state index in [0.29, 0.717) is 30.1 Å². The lowest BCUT2D eigenvalue weighted by molar-refractivity contribution is -0.148. The smallest absolute Gasteiger partial charge is 0.329 e. The Morgan fingerprint density at radius 3 is 2.70 bits per heavy atom. The molecule has 1 fully saturated rings. The van der Waals surface area contributed by atoms with E-state index in [0.717, 1.165) is 12.8 Å². The second-order valence-electron chi connectivity index (χ2n) is 5.30. The molecule has 1 saturated heterocycles. The van der Waals surface area contributed by atoms with Gasteiger partial charge in [0.1, 0.15) is 11.2 Å². The maximum Gasteiger partial charge on any atom is 0.329 e. The summed E-state index contributed by atoms with van der Waals surface area (Å²) in [6.45, 7) is 2.42. The van der Waals surface area contributed by atoms with Crippen LogP contribution in [0.25, 0.3) is 0 Å². The number of halogens is 1. The number of carbonyl (C=O) groups excluding carboxylic acids is 1. The molecule has 110 valence electrons. The summed E-state index contributed by atoms with van der Waals surface area (Å²) in [5.74, 6) is -1.17. The Bertz CT molecular complexity index is 541. The first-order chi connectivity index (χ1) is 9.42. The fourth-order valence-corrected chi connectivity index (χ4v) is 3.30. The van der Waals surface area contributed by atoms with Gasteiger partial charge >= 0.3 is 5.97 Å². The molecule has 6 heteroatoms. The quantitative estimate of drug-likeness (QED) is 0.929. The molecule has 1 N–H and O–H groups in total. The van der Waals surface area contributed by atoms with Crippen LogP contribution in [0.4, 0.5) is 0 Å². The third-order valence-corrected chi connectivity index (χ3v) is 4.19. The summed E-state index contributed by atoms with van der Waals surface area (Å²) in [7, 11) is 1.73. The predicted octanol–water partition coefficient (Wildman–Crippen LogP) is 2.54. The zero-order valence-electron chi connectivity index (χ0n) is 11.7. The molecule has 0 radical (unpaired) electrons. The van der Waals surface area contributed by atoms with E-state index in [9.17, 15) is 14.7 Å². The number of carboxylic acids is 1. The predicted molar refractivity (Wildman–Crippen MR) is 76.0 cm³/mol. The first kappa shape index (κ1) is 14.9. The minimum Gasteiger partial charge on any atom is -0.479 e. The van der Waals surface area contributed by atoms with Crippen molar-refractivity contribution >= 4 is 23.5 Å². The molecule has 1 aromatic rings. The number of amides is 1. The van der Waals surface area contributed by atoms with Gasteiger partial charge in [-0.2, -0.15) is 0 Å². The lowest BCUT2D eigenvalue weighted by Gasteiger charge is -2.34. The molecule has 0 spiro atoms. The van der Waals surface area contributed by atoms with Crippen molar-refractivity contribution in [2.75, 3.05) is 6.54 Å². The normalized spacial score (nSPS) is 22.2. The van der Waals surface area contributed by atoms with Crippen LogP contribution in [-0.4, -0.2) is 38.5 Å². The van der Waals surface area contributed by atoms with Gasteiger partial charge in [0.2, 0.25) is 0 Å². The topological polar surface area (TPSA) is 62.5 Å². The minimum absolute atomic E-state index is 0.257. The fraction of sp³-hybridized carbons (Fsp3) is 0.571. The van der Waals surface area contributed by atoms with Gasteiger partial charge in [0.15, 0.2) is 0 Å². The number of carbonyl (C=O) groups is 2. The number of aryl methyl sites for hydroxylation is 1. The van der Waals surface area contributed by atoms with E-state index in [2.05, 4.69) is 0 Å². The molecule has 20 heavy (non-hydrogen) atoms. The summed E-state index contributed by atoms with van der Waals surface area (Å²) >= 11 is 5.90. The summed E-state index contributed by atoms with van der Waals surface area (Å²) in [4.78, 5) is 25.9. The largest absolute Gasteiger partial charge is 0.479 e. The van der Waals surface area contributed by atoms with Gasteiger partial charge in [-0.15, -0.1) is 0 Å². The lowest BCUT2D eigenvalue weighted by atomic mass is 9.90. The van der Waals surface area contributed by atoms with Gasteiger partial charge in [0, 0.05) is 19.8 Å². The molecule has 1 aliphatic heterocycles. The maximum atomic E-state index is 12.7. The molecule has 1 unspecified atom stereocenters. The Hall–Kier alpha value is -1.49. The average molecular weight is 299 g/mol. The molecule has 2 rings (SSSR count). The molecule has 0 aliphatic carbocycles. The van der Waals surface area contributed by atoms with E-state index in [-0.39, 0.29) is 5.91 Å². The standard InChI is InChI=1S/C14H19ClN2O3/c1-3-5-14(13(19)20)6-4-7-17(14)12(18)11-8-10(15)9-16(11)2/h8-9H,3-7H2,1-2H3,(H,19,20). The Morgan fingerprint density at radius 2 is 2.20 bits per heavy atom. The minimum atomic E-state index is -1.07. The van der Waals surface area contributed by atoms with Crippen LogP contribution in [0.15, 0.2) is 12.3 Å². The molecule has 0 saturated carbocycles. The Morgan fingerprint density at radius 1 is 1.50 bits per heavy atom. The monoisotopic (exact) mass is 298 g/mol. The van der Waals surface area contributed by atoms with Crippen molar-refractivity contribution in [2.24, 2.45) is 7.05 Å². The number of likely N-dealkylation sites (tertiary alicyclic amines) is 1. The Labute approximate surface area is 123 Å². The van der Waals surface area contributed by atoms with Crippen molar-refractivity contribution in [3.8, 4) is 0 Å². The van der Waals surface area contributed by atoms with Crippen molar-refractivity contribution in [2.45, 2.75) is 38.1 Å². The van der Waals surface area contributed by atoms with Crippen molar-refractivity contribution in [3.05, 3.63) is 23.0 Å². The summed E-state index contributed by atoms with van der Waals surface area (Å²) in [6, 6.07) is 1.58. The van der Waals surface area contributed by atoms with E-state index in [1.807, 2.05) is 6.92 Å². The van der Waals surface area contributed by atoms with Gasteiger partial charge in [-0.3, -0.25) is 4.79 Å². The summed E-state index contributed by atoms with van der Waals surface area (Å²) in [5, 5.41) is 10.1. The van der Waals surface area contributed by atoms with Crippen molar-refractivity contribution in [1.29, 1.82) is 0 Å². The highest BCUT2D eigenvalue weighted by molar-refractivity contribution is 6.31. The second kappa shape index (κ2) is 5.48. The van der Waals surface area contributed by atoms with Crippen molar-refractivity contribution in [1.82, 2.24) is 9.47 Å². The fourth-order valence-electron chi connectivity index (χ4n) is 3.05. The van der Waals surface area contributed by atoms with Gasteiger partial charge < -0.3 is 14.6 Å². The zero-order chi connectivity index (χ0) is 14.9. The van der Waals surface area contributed by atoms with Crippen molar-refractivity contribution in [3.63, 3.8) is 0 Å². The number of aromatic nitrogens is 1. The Kier molecular flexibility index (Phi) is 4.09. The summed E-state index contributed by atoms with van der Waals surface area (Å²) in [5.41, 5.74) is -0.638. The van der Waals surface area contributed by atoms with Crippen LogP contribution in [0.3, 0.4) is 0 Å². The van der Waals surface area contributed by atoms with E-state index < -0.39 is 11.5 Å². The molecule has 1 amide bonds. The van der Waals surface area contributed by atoms with Crippen LogP contribution in [-0.2, 0) is 11.8 Å². The van der Waals surface area contributed by atoms with E-state index >= 15 is 0 Å². The molecule has 5 nitrogen and oxygen atoms in total. The third-order valence-electron chi connectivity index (χ3n) is 3.99. The molecule has 2 heterocycles. The highest BCUT2D eigenvalue weighted by atomic mass is 35.5. The van der Waals surface area contributed by atoms with Crippen LogP contribution in [0.2, 0.25) is 5.02 Å². The van der Waals surface area contributed by atoms with E-state index in [1.54, 1.807) is 23.9 Å². The molecule has 0 aromatic carbocycles. The molecular formula is C14H19ClN2O3. The SMILES string of the molecule is CCCC1(C(=O)O)CCCN1C(=O)c1cc(Cl)cn1C. The molecular weight excluding hydrogens is 280 g/mol. The number of hydrogen-bond acceptors (Lipinski definition) is 2. The second-order valence-corrected chi connectivity index (χ2v) is 5.74. The number of rotatable bonds is 4. The number of hydrogen-bond donors (Lipinski definition) is 1. The van der Waals surface area contributed by atoms with Crippen molar-refractivity contribution < 1.29 is 14.7 Å². The zero-order valence-corrected chi connectivity index (χ0v) is 12.5. The maximum absolute atomic E-state index is 12.7. The number of carboxylic acid groups (broad SMARTS) is 1. The molecule has 1 aliphatic rings. The first-order valence-corrected chi connectivity index (χ1v) is 7.17. The number of aliphatic carboxylic acids is 1. The van der Waals surface area contributed by atoms with Gasteiger partial charge in [-0.25, -0.2) is 4.79 Å². The van der Waals surface area contributed by atoms with Crippen LogP contribution in [0.5, 0.6) is 0 Å². The van der Waals surface area contributed by atoms with Crippen LogP contribution < -0.4 is 0 Å². The van der Waals surface area contributed by atoms with Crippen LogP contribution >= 0.6 is 11.6 Å². The van der Waals surface area contributed by atoms with E-state index in [4.69, 9.17) is 11.6 Å². The molecule has 0 bridgehead atoms. The first-order valence-electron chi connectivity index (χ1n) is 6.79.